The van der Waals surface area contributed by atoms with E-state index < -0.39 is 0 Å². The third kappa shape index (κ3) is 3.25. The SMILES string of the molecule is CCn1c(C2CC(NC(=O)c3cccc(OC)c3)NN2)c(C)c2ccccc21. The van der Waals surface area contributed by atoms with Gasteiger partial charge in [0.05, 0.1) is 19.3 Å². The Morgan fingerprint density at radius 3 is 2.82 bits per heavy atom. The second kappa shape index (κ2) is 7.66. The summed E-state index contributed by atoms with van der Waals surface area (Å²) in [5, 5.41) is 4.34. The van der Waals surface area contributed by atoms with Gasteiger partial charge in [0, 0.05) is 35.1 Å². The molecule has 1 aliphatic rings. The predicted octanol–water partition coefficient (Wildman–Crippen LogP) is 3.27. The van der Waals surface area contributed by atoms with E-state index in [1.54, 1.807) is 19.2 Å². The van der Waals surface area contributed by atoms with Gasteiger partial charge in [0.2, 0.25) is 0 Å². The van der Waals surface area contributed by atoms with Gasteiger partial charge in [0.25, 0.3) is 5.91 Å². The van der Waals surface area contributed by atoms with Crippen LogP contribution < -0.4 is 20.9 Å². The van der Waals surface area contributed by atoms with E-state index in [-0.39, 0.29) is 18.1 Å². The Hall–Kier alpha value is -2.83. The highest BCUT2D eigenvalue weighted by molar-refractivity contribution is 5.94. The fourth-order valence-electron chi connectivity index (χ4n) is 4.12. The summed E-state index contributed by atoms with van der Waals surface area (Å²) < 4.78 is 7.56. The van der Waals surface area contributed by atoms with Crippen molar-refractivity contribution in [2.24, 2.45) is 0 Å². The van der Waals surface area contributed by atoms with Crippen molar-refractivity contribution >= 4 is 16.8 Å². The van der Waals surface area contributed by atoms with Gasteiger partial charge in [0.15, 0.2) is 0 Å². The molecule has 0 spiro atoms. The van der Waals surface area contributed by atoms with Gasteiger partial charge in [-0.15, -0.1) is 0 Å². The topological polar surface area (TPSA) is 67.3 Å². The average Bonchev–Trinajstić information content (AvgIpc) is 3.30. The zero-order valence-corrected chi connectivity index (χ0v) is 16.5. The Morgan fingerprint density at radius 2 is 2.04 bits per heavy atom. The zero-order chi connectivity index (χ0) is 19.7. The highest BCUT2D eigenvalue weighted by Gasteiger charge is 2.30. The van der Waals surface area contributed by atoms with Gasteiger partial charge < -0.3 is 14.6 Å². The first-order valence-electron chi connectivity index (χ1n) is 9.66. The van der Waals surface area contributed by atoms with Crippen LogP contribution in [0.25, 0.3) is 10.9 Å². The zero-order valence-electron chi connectivity index (χ0n) is 16.5. The standard InChI is InChI=1S/C22H26N4O2/c1-4-26-19-11-6-5-10-17(19)14(2)21(26)18-13-20(25-24-18)23-22(27)15-8-7-9-16(12-15)28-3/h5-12,18,20,24-25H,4,13H2,1-3H3,(H,23,27). The lowest BCUT2D eigenvalue weighted by molar-refractivity contribution is 0.0932. The highest BCUT2D eigenvalue weighted by atomic mass is 16.5. The third-order valence-corrected chi connectivity index (χ3v) is 5.46. The molecule has 6 nitrogen and oxygen atoms in total. The van der Waals surface area contributed by atoms with Crippen LogP contribution in [-0.4, -0.2) is 23.7 Å². The largest absolute Gasteiger partial charge is 0.497 e. The summed E-state index contributed by atoms with van der Waals surface area (Å²) in [6, 6.07) is 15.8. The molecule has 2 unspecified atom stereocenters. The number of fused-ring (bicyclic) bond motifs is 1. The molecule has 146 valence electrons. The van der Waals surface area contributed by atoms with E-state index in [4.69, 9.17) is 4.74 Å². The summed E-state index contributed by atoms with van der Waals surface area (Å²) in [4.78, 5) is 12.6. The van der Waals surface area contributed by atoms with Crippen LogP contribution in [0.3, 0.4) is 0 Å². The number of hydrogen-bond donors (Lipinski definition) is 3. The highest BCUT2D eigenvalue weighted by Crippen LogP contribution is 2.32. The number of rotatable bonds is 5. The van der Waals surface area contributed by atoms with E-state index in [1.165, 1.54) is 22.2 Å². The molecule has 0 radical (unpaired) electrons. The molecule has 1 aliphatic heterocycles. The molecule has 3 N–H and O–H groups in total. The quantitative estimate of drug-likeness (QED) is 0.637. The molecule has 4 rings (SSSR count). The molecule has 28 heavy (non-hydrogen) atoms. The number of amides is 1. The number of hydrogen-bond acceptors (Lipinski definition) is 4. The Morgan fingerprint density at radius 1 is 1.21 bits per heavy atom. The van der Waals surface area contributed by atoms with Crippen molar-refractivity contribution < 1.29 is 9.53 Å². The number of nitrogens with zero attached hydrogens (tertiary/aromatic N) is 1. The van der Waals surface area contributed by atoms with Gasteiger partial charge in [0.1, 0.15) is 5.75 Å². The van der Waals surface area contributed by atoms with Crippen molar-refractivity contribution in [3.05, 3.63) is 65.4 Å². The molecule has 2 atom stereocenters. The minimum atomic E-state index is -0.147. The van der Waals surface area contributed by atoms with Crippen LogP contribution >= 0.6 is 0 Å². The Kier molecular flexibility index (Phi) is 5.07. The van der Waals surface area contributed by atoms with Gasteiger partial charge in [-0.1, -0.05) is 24.3 Å². The molecule has 2 aromatic carbocycles. The first-order valence-corrected chi connectivity index (χ1v) is 9.66. The number of para-hydroxylation sites is 1. The lowest BCUT2D eigenvalue weighted by Crippen LogP contribution is -2.44. The molecule has 1 saturated heterocycles. The maximum absolute atomic E-state index is 12.6. The fourth-order valence-corrected chi connectivity index (χ4v) is 4.12. The number of aromatic nitrogens is 1. The number of ether oxygens (including phenoxy) is 1. The summed E-state index contributed by atoms with van der Waals surface area (Å²) in [6.45, 7) is 5.25. The summed E-state index contributed by atoms with van der Waals surface area (Å²) in [7, 11) is 1.60. The fraction of sp³-hybridized carbons (Fsp3) is 0.318. The Balaban J connectivity index is 1.52. The second-order valence-electron chi connectivity index (χ2n) is 7.11. The number of carbonyl (C=O) groups excluding carboxylic acids is 1. The Labute approximate surface area is 164 Å². The summed E-state index contributed by atoms with van der Waals surface area (Å²) in [5.41, 5.74) is 11.0. The average molecular weight is 378 g/mol. The van der Waals surface area contributed by atoms with E-state index in [1.807, 2.05) is 12.1 Å². The number of aryl methyl sites for hydroxylation is 2. The van der Waals surface area contributed by atoms with Gasteiger partial charge in [-0.25, -0.2) is 10.9 Å². The smallest absolute Gasteiger partial charge is 0.252 e. The Bertz CT molecular complexity index is 1010. The maximum Gasteiger partial charge on any atom is 0.252 e. The molecule has 0 aliphatic carbocycles. The monoisotopic (exact) mass is 378 g/mol. The number of nitrogens with one attached hydrogen (secondary N) is 3. The van der Waals surface area contributed by atoms with E-state index in [0.717, 1.165) is 13.0 Å². The lowest BCUT2D eigenvalue weighted by Gasteiger charge is -2.15. The lowest BCUT2D eigenvalue weighted by atomic mass is 10.1. The van der Waals surface area contributed by atoms with Gasteiger partial charge in [-0.05, 0) is 43.7 Å². The normalized spacial score (nSPS) is 19.1. The molecule has 1 aromatic heterocycles. The van der Waals surface area contributed by atoms with Crippen molar-refractivity contribution in [1.82, 2.24) is 20.7 Å². The molecule has 6 heteroatoms. The van der Waals surface area contributed by atoms with E-state index in [0.29, 0.717) is 11.3 Å². The number of hydrazine groups is 1. The third-order valence-electron chi connectivity index (χ3n) is 5.46. The predicted molar refractivity (Wildman–Crippen MR) is 110 cm³/mol. The van der Waals surface area contributed by atoms with E-state index in [2.05, 4.69) is 58.8 Å². The van der Waals surface area contributed by atoms with Crippen molar-refractivity contribution in [3.8, 4) is 5.75 Å². The van der Waals surface area contributed by atoms with Crippen molar-refractivity contribution in [1.29, 1.82) is 0 Å². The van der Waals surface area contributed by atoms with Crippen LogP contribution in [0.15, 0.2) is 48.5 Å². The number of methoxy groups -OCH3 is 1. The molecule has 3 aromatic rings. The molecular weight excluding hydrogens is 352 g/mol. The van der Waals surface area contributed by atoms with Crippen LogP contribution in [0, 0.1) is 6.92 Å². The minimum Gasteiger partial charge on any atom is -0.497 e. The molecule has 0 saturated carbocycles. The number of benzene rings is 2. The van der Waals surface area contributed by atoms with Crippen LogP contribution in [-0.2, 0) is 6.54 Å². The maximum atomic E-state index is 12.6. The van der Waals surface area contributed by atoms with Gasteiger partial charge in [-0.2, -0.15) is 0 Å². The van der Waals surface area contributed by atoms with Crippen molar-refractivity contribution in [3.63, 3.8) is 0 Å². The van der Waals surface area contributed by atoms with Crippen LogP contribution in [0.1, 0.15) is 41.0 Å². The summed E-state index contributed by atoms with van der Waals surface area (Å²) in [6.07, 6.45) is 0.624. The second-order valence-corrected chi connectivity index (χ2v) is 7.11. The molecule has 2 heterocycles. The van der Waals surface area contributed by atoms with Crippen LogP contribution in [0.4, 0.5) is 0 Å². The first-order chi connectivity index (χ1) is 13.6. The van der Waals surface area contributed by atoms with E-state index >= 15 is 0 Å². The van der Waals surface area contributed by atoms with Gasteiger partial charge in [-0.3, -0.25) is 4.79 Å². The first kappa shape index (κ1) is 18.5. The minimum absolute atomic E-state index is 0.119. The molecule has 0 bridgehead atoms. The van der Waals surface area contributed by atoms with Crippen LogP contribution in [0.5, 0.6) is 5.75 Å². The molecule has 1 fully saturated rings. The summed E-state index contributed by atoms with van der Waals surface area (Å²) in [5.74, 6) is 0.553. The van der Waals surface area contributed by atoms with Crippen molar-refractivity contribution in [2.75, 3.05) is 7.11 Å². The summed E-state index contributed by atoms with van der Waals surface area (Å²) >= 11 is 0. The van der Waals surface area contributed by atoms with Gasteiger partial charge >= 0.3 is 0 Å². The van der Waals surface area contributed by atoms with E-state index in [9.17, 15) is 4.79 Å². The molecule has 1 amide bonds. The van der Waals surface area contributed by atoms with Crippen molar-refractivity contribution in [2.45, 2.75) is 39.0 Å². The number of carbonyl (C=O) groups is 1. The van der Waals surface area contributed by atoms with Crippen LogP contribution in [0.2, 0.25) is 0 Å². The molecular formula is C22H26N4O2.